The Morgan fingerprint density at radius 3 is 2.00 bits per heavy atom. The van der Waals surface area contributed by atoms with Gasteiger partial charge in [0.15, 0.2) is 0 Å². The zero-order chi connectivity index (χ0) is 4.69. The third-order valence-corrected chi connectivity index (χ3v) is 2.08. The fraction of sp³-hybridized carbons (Fsp3) is 0.857. The first-order chi connectivity index (χ1) is 3.47. The van der Waals surface area contributed by atoms with Crippen LogP contribution in [-0.2, 0) is 0 Å². The highest BCUT2D eigenvalue weighted by Crippen LogP contribution is 2.47. The van der Waals surface area contributed by atoms with Crippen molar-refractivity contribution >= 4 is 0 Å². The lowest BCUT2D eigenvalue weighted by molar-refractivity contribution is 0.480. The molecule has 38 valence electrons. The molecule has 2 aliphatic rings. The summed E-state index contributed by atoms with van der Waals surface area (Å²) < 4.78 is 0. The molecule has 2 rings (SSSR count). The number of hydrogen-bond donors (Lipinski definition) is 0. The van der Waals surface area contributed by atoms with Crippen LogP contribution >= 0.6 is 0 Å². The molecule has 0 heterocycles. The van der Waals surface area contributed by atoms with Crippen LogP contribution in [0.5, 0.6) is 0 Å². The van der Waals surface area contributed by atoms with Crippen molar-refractivity contribution in [1.29, 1.82) is 0 Å². The van der Waals surface area contributed by atoms with Gasteiger partial charge in [0.25, 0.3) is 0 Å². The van der Waals surface area contributed by atoms with Crippen LogP contribution < -0.4 is 0 Å². The van der Waals surface area contributed by atoms with E-state index in [0.717, 1.165) is 11.8 Å². The van der Waals surface area contributed by atoms with Crippen molar-refractivity contribution in [3.63, 3.8) is 0 Å². The molecule has 2 unspecified atom stereocenters. The topological polar surface area (TPSA) is 0 Å². The molecule has 0 heteroatoms. The van der Waals surface area contributed by atoms with Gasteiger partial charge in [0.05, 0.1) is 0 Å². The van der Waals surface area contributed by atoms with E-state index in [1.165, 1.54) is 25.7 Å². The zero-order valence-corrected chi connectivity index (χ0v) is 4.48. The molecule has 0 aromatic heterocycles. The highest BCUT2D eigenvalue weighted by molar-refractivity contribution is 5.06. The number of fused-ring (bicyclic) bond motifs is 1. The lowest BCUT2D eigenvalue weighted by Crippen LogP contribution is -1.91. The van der Waals surface area contributed by atoms with Crippen molar-refractivity contribution in [2.24, 2.45) is 11.8 Å². The van der Waals surface area contributed by atoms with Gasteiger partial charge in [-0.25, -0.2) is 0 Å². The van der Waals surface area contributed by atoms with Gasteiger partial charge in [-0.3, -0.25) is 0 Å². The second-order valence-electron chi connectivity index (χ2n) is 2.66. The number of rotatable bonds is 0. The van der Waals surface area contributed by atoms with Crippen molar-refractivity contribution in [1.82, 2.24) is 0 Å². The maximum Gasteiger partial charge on any atom is -0.00998 e. The molecule has 0 spiro atoms. The summed E-state index contributed by atoms with van der Waals surface area (Å²) in [6.07, 6.45) is 9.26. The van der Waals surface area contributed by atoms with Gasteiger partial charge < -0.3 is 0 Å². The van der Waals surface area contributed by atoms with E-state index in [9.17, 15) is 0 Å². The molecule has 0 aromatic rings. The molecule has 0 amide bonds. The second kappa shape index (κ2) is 1.24. The first-order valence-corrected chi connectivity index (χ1v) is 3.23. The van der Waals surface area contributed by atoms with Crippen molar-refractivity contribution in [3.8, 4) is 0 Å². The van der Waals surface area contributed by atoms with Crippen molar-refractivity contribution in [2.45, 2.75) is 25.7 Å². The van der Waals surface area contributed by atoms with Crippen LogP contribution in [0.25, 0.3) is 0 Å². The van der Waals surface area contributed by atoms with Crippen molar-refractivity contribution in [2.75, 3.05) is 0 Å². The molecular weight excluding hydrogens is 84.1 g/mol. The van der Waals surface area contributed by atoms with Gasteiger partial charge in [-0.15, -0.1) is 0 Å². The highest BCUT2D eigenvalue weighted by atomic mass is 14.4. The second-order valence-corrected chi connectivity index (χ2v) is 2.66. The Kier molecular flexibility index (Phi) is 0.697. The highest BCUT2D eigenvalue weighted by Gasteiger charge is 2.38. The smallest absolute Gasteiger partial charge is 0.00998 e. The van der Waals surface area contributed by atoms with Crippen LogP contribution in [0.2, 0.25) is 0 Å². The summed E-state index contributed by atoms with van der Waals surface area (Å²) in [5.41, 5.74) is 0. The van der Waals surface area contributed by atoms with Gasteiger partial charge in [-0.1, -0.05) is 12.8 Å². The van der Waals surface area contributed by atoms with E-state index < -0.39 is 0 Å². The monoisotopic (exact) mass is 94.1 g/mol. The molecule has 0 aliphatic heterocycles. The molecule has 2 saturated carbocycles. The SMILES string of the molecule is [C]1C2CCCCC12. The maximum absolute atomic E-state index is 3.43. The van der Waals surface area contributed by atoms with E-state index in [1.54, 1.807) is 0 Å². The summed E-state index contributed by atoms with van der Waals surface area (Å²) >= 11 is 0. The fourth-order valence-electron chi connectivity index (χ4n) is 1.52. The first kappa shape index (κ1) is 3.94. The Morgan fingerprint density at radius 2 is 1.57 bits per heavy atom. The van der Waals surface area contributed by atoms with E-state index in [0.29, 0.717) is 0 Å². The van der Waals surface area contributed by atoms with Gasteiger partial charge in [0, 0.05) is 0 Å². The normalized spacial score (nSPS) is 48.0. The van der Waals surface area contributed by atoms with Crippen molar-refractivity contribution in [3.05, 3.63) is 6.42 Å². The molecule has 2 radical (unpaired) electrons. The van der Waals surface area contributed by atoms with E-state index in [2.05, 4.69) is 6.42 Å². The minimum Gasteiger partial charge on any atom is -0.0530 e. The third kappa shape index (κ3) is 0.568. The standard InChI is InChI=1S/C7H10/c1-2-4-7-5-6(7)3-1/h6-7H,1-4H2. The van der Waals surface area contributed by atoms with Crippen LogP contribution in [0, 0.1) is 18.3 Å². The number of hydrogen-bond acceptors (Lipinski definition) is 0. The van der Waals surface area contributed by atoms with Crippen LogP contribution in [0.3, 0.4) is 0 Å². The molecular formula is C7H10. The minimum atomic E-state index is 0.953. The Hall–Kier alpha value is 0. The zero-order valence-electron chi connectivity index (χ0n) is 4.48. The molecule has 7 heavy (non-hydrogen) atoms. The van der Waals surface area contributed by atoms with E-state index in [-0.39, 0.29) is 0 Å². The largest absolute Gasteiger partial charge is 0.0530 e. The predicted molar refractivity (Wildman–Crippen MR) is 28.7 cm³/mol. The molecule has 0 aromatic carbocycles. The summed E-state index contributed by atoms with van der Waals surface area (Å²) in [6.45, 7) is 0. The molecule has 0 N–H and O–H groups in total. The fourth-order valence-corrected chi connectivity index (χ4v) is 1.52. The average molecular weight is 94.2 g/mol. The maximum atomic E-state index is 3.43. The quantitative estimate of drug-likeness (QED) is 0.430. The van der Waals surface area contributed by atoms with Crippen LogP contribution in [0.1, 0.15) is 25.7 Å². The lowest BCUT2D eigenvalue weighted by atomic mass is 10.0. The van der Waals surface area contributed by atoms with Gasteiger partial charge in [-0.05, 0) is 31.1 Å². The molecule has 2 aliphatic carbocycles. The molecule has 0 saturated heterocycles. The van der Waals surface area contributed by atoms with Crippen LogP contribution in [0.4, 0.5) is 0 Å². The lowest BCUT2D eigenvalue weighted by Gasteiger charge is -2.04. The Bertz CT molecular complexity index is 66.1. The summed E-state index contributed by atoms with van der Waals surface area (Å²) in [5, 5.41) is 0. The molecule has 2 fully saturated rings. The Labute approximate surface area is 44.9 Å². The minimum absolute atomic E-state index is 0.953. The van der Waals surface area contributed by atoms with Gasteiger partial charge in [0.1, 0.15) is 0 Å². The average Bonchev–Trinajstić information content (AvgIpc) is 2.41. The van der Waals surface area contributed by atoms with Crippen molar-refractivity contribution < 1.29 is 0 Å². The summed E-state index contributed by atoms with van der Waals surface area (Å²) in [7, 11) is 0. The van der Waals surface area contributed by atoms with Gasteiger partial charge >= 0.3 is 0 Å². The summed E-state index contributed by atoms with van der Waals surface area (Å²) in [4.78, 5) is 0. The first-order valence-electron chi connectivity index (χ1n) is 3.23. The van der Waals surface area contributed by atoms with Crippen LogP contribution in [0.15, 0.2) is 0 Å². The van der Waals surface area contributed by atoms with Gasteiger partial charge in [-0.2, -0.15) is 0 Å². The predicted octanol–water partition coefficient (Wildman–Crippen LogP) is 1.89. The molecule has 0 bridgehead atoms. The van der Waals surface area contributed by atoms with Gasteiger partial charge in [0.2, 0.25) is 0 Å². The summed E-state index contributed by atoms with van der Waals surface area (Å²) in [5.74, 6) is 1.91. The van der Waals surface area contributed by atoms with Crippen LogP contribution in [-0.4, -0.2) is 0 Å². The van der Waals surface area contributed by atoms with E-state index in [1.807, 2.05) is 0 Å². The Balaban J connectivity index is 1.95. The summed E-state index contributed by atoms with van der Waals surface area (Å²) in [6, 6.07) is 0. The van der Waals surface area contributed by atoms with E-state index >= 15 is 0 Å². The molecule has 2 atom stereocenters. The van der Waals surface area contributed by atoms with E-state index in [4.69, 9.17) is 0 Å². The molecule has 0 nitrogen and oxygen atoms in total. The third-order valence-electron chi connectivity index (χ3n) is 2.08. The Morgan fingerprint density at radius 1 is 1.00 bits per heavy atom.